The van der Waals surface area contributed by atoms with E-state index in [1.807, 2.05) is 58.0 Å². The van der Waals surface area contributed by atoms with Crippen molar-refractivity contribution in [3.8, 4) is 0 Å². The highest BCUT2D eigenvalue weighted by molar-refractivity contribution is 5.93. The molecule has 0 radical (unpaired) electrons. The number of amides is 3. The van der Waals surface area contributed by atoms with Gasteiger partial charge in [0.15, 0.2) is 0 Å². The third-order valence-electron chi connectivity index (χ3n) is 7.42. The number of nitrogens with one attached hydrogen (secondary N) is 4. The van der Waals surface area contributed by atoms with Gasteiger partial charge in [-0.1, -0.05) is 103 Å². The second kappa shape index (κ2) is 20.3. The molecule has 4 N–H and O–H groups in total. The fourth-order valence-electron chi connectivity index (χ4n) is 4.88. The molecule has 0 saturated heterocycles. The number of nitrogens with zero attached hydrogens (tertiary/aromatic N) is 1. The number of hydrogen-bond donors (Lipinski definition) is 4. The van der Waals surface area contributed by atoms with E-state index in [4.69, 9.17) is 4.74 Å². The van der Waals surface area contributed by atoms with E-state index < -0.39 is 35.9 Å². The van der Waals surface area contributed by atoms with Gasteiger partial charge in [0, 0.05) is 24.7 Å². The van der Waals surface area contributed by atoms with Crippen molar-refractivity contribution in [1.29, 1.82) is 0 Å². The summed E-state index contributed by atoms with van der Waals surface area (Å²) in [6.07, 6.45) is 11.6. The zero-order valence-corrected chi connectivity index (χ0v) is 27.2. The largest absolute Gasteiger partial charge is 0.459 e. The van der Waals surface area contributed by atoms with Crippen LogP contribution in [0.25, 0.3) is 0 Å². The van der Waals surface area contributed by atoms with Crippen molar-refractivity contribution in [3.63, 3.8) is 0 Å². The summed E-state index contributed by atoms with van der Waals surface area (Å²) < 4.78 is 5.50. The van der Waals surface area contributed by atoms with Crippen LogP contribution in [-0.2, 0) is 36.9 Å². The Morgan fingerprint density at radius 1 is 0.841 bits per heavy atom. The Balaban J connectivity index is 2.04. The molecular weight excluding hydrogens is 558 g/mol. The Morgan fingerprint density at radius 3 is 2.11 bits per heavy atom. The van der Waals surface area contributed by atoms with E-state index >= 15 is 0 Å². The molecule has 2 aromatic rings. The average Bonchev–Trinajstić information content (AvgIpc) is 3.50. The molecule has 0 aliphatic heterocycles. The zero-order chi connectivity index (χ0) is 32.3. The first-order valence-electron chi connectivity index (χ1n) is 16.2. The Kier molecular flexibility index (Phi) is 16.8. The lowest BCUT2D eigenvalue weighted by Crippen LogP contribution is -2.57. The summed E-state index contributed by atoms with van der Waals surface area (Å²) in [7, 11) is 0. The number of esters is 1. The Labute approximate surface area is 262 Å². The van der Waals surface area contributed by atoms with Crippen LogP contribution in [0.2, 0.25) is 0 Å². The van der Waals surface area contributed by atoms with Crippen LogP contribution in [-0.4, -0.2) is 51.8 Å². The number of imidazole rings is 1. The minimum absolute atomic E-state index is 0.0755. The summed E-state index contributed by atoms with van der Waals surface area (Å²) in [4.78, 5) is 59.9. The lowest BCUT2D eigenvalue weighted by atomic mass is 9.99. The standard InChI is InChI=1S/C34H53N5O5/c1-6-7-8-9-10-11-15-18-30(40)37-29(20-27-21-35-23-36-27)32(41)38-28(19-24(2)3)33(42)39-31(25(4)5)34(43)44-22-26-16-13-12-14-17-26/h12-14,16-17,21,23-25,28-29,31H,6-11,15,18-20,22H2,1-5H3,(H,35,36)(H,37,40)(H,38,41)(H,39,42). The molecule has 0 spiro atoms. The summed E-state index contributed by atoms with van der Waals surface area (Å²) in [5.41, 5.74) is 1.53. The Bertz CT molecular complexity index is 1120. The van der Waals surface area contributed by atoms with Gasteiger partial charge in [0.2, 0.25) is 17.7 Å². The monoisotopic (exact) mass is 611 g/mol. The minimum atomic E-state index is -0.907. The van der Waals surface area contributed by atoms with Crippen molar-refractivity contribution >= 4 is 23.7 Å². The molecule has 0 bridgehead atoms. The Hall–Kier alpha value is -3.69. The van der Waals surface area contributed by atoms with Gasteiger partial charge in [-0.2, -0.15) is 0 Å². The number of aromatic nitrogens is 2. The number of aromatic amines is 1. The zero-order valence-electron chi connectivity index (χ0n) is 27.2. The summed E-state index contributed by atoms with van der Waals surface area (Å²) in [6, 6.07) is 6.63. The van der Waals surface area contributed by atoms with Gasteiger partial charge in [-0.25, -0.2) is 9.78 Å². The van der Waals surface area contributed by atoms with Gasteiger partial charge >= 0.3 is 5.97 Å². The molecule has 3 atom stereocenters. The topological polar surface area (TPSA) is 142 Å². The number of benzene rings is 1. The van der Waals surface area contributed by atoms with Crippen molar-refractivity contribution in [3.05, 3.63) is 54.1 Å². The van der Waals surface area contributed by atoms with Gasteiger partial charge in [-0.3, -0.25) is 14.4 Å². The SMILES string of the molecule is CCCCCCCCCC(=O)NC(Cc1cnc[nH]1)C(=O)NC(CC(C)C)C(=O)NC(C(=O)OCc1ccccc1)C(C)C. The summed E-state index contributed by atoms with van der Waals surface area (Å²) >= 11 is 0. The molecule has 0 saturated carbocycles. The van der Waals surface area contributed by atoms with Crippen LogP contribution in [0, 0.1) is 11.8 Å². The van der Waals surface area contributed by atoms with Gasteiger partial charge in [-0.05, 0) is 30.2 Å². The van der Waals surface area contributed by atoms with Gasteiger partial charge < -0.3 is 25.7 Å². The van der Waals surface area contributed by atoms with E-state index in [9.17, 15) is 19.2 Å². The molecule has 0 aliphatic rings. The van der Waals surface area contributed by atoms with E-state index in [1.165, 1.54) is 32.0 Å². The first-order chi connectivity index (χ1) is 21.1. The molecule has 10 heteroatoms. The molecule has 3 unspecified atom stereocenters. The van der Waals surface area contributed by atoms with Crippen molar-refractivity contribution in [2.24, 2.45) is 11.8 Å². The number of ether oxygens (including phenoxy) is 1. The predicted molar refractivity (Wildman–Crippen MR) is 171 cm³/mol. The highest BCUT2D eigenvalue weighted by Crippen LogP contribution is 2.12. The van der Waals surface area contributed by atoms with Crippen LogP contribution >= 0.6 is 0 Å². The second-order valence-corrected chi connectivity index (χ2v) is 12.3. The van der Waals surface area contributed by atoms with Crippen LogP contribution in [0.3, 0.4) is 0 Å². The number of carbonyl (C=O) groups is 4. The van der Waals surface area contributed by atoms with E-state index in [2.05, 4.69) is 32.8 Å². The van der Waals surface area contributed by atoms with Gasteiger partial charge in [0.1, 0.15) is 24.7 Å². The summed E-state index contributed by atoms with van der Waals surface area (Å²) in [5, 5.41) is 8.53. The predicted octanol–water partition coefficient (Wildman–Crippen LogP) is 4.99. The van der Waals surface area contributed by atoms with Crippen LogP contribution in [0.15, 0.2) is 42.9 Å². The minimum Gasteiger partial charge on any atom is -0.459 e. The molecular formula is C34H53N5O5. The van der Waals surface area contributed by atoms with Crippen LogP contribution in [0.4, 0.5) is 0 Å². The smallest absolute Gasteiger partial charge is 0.329 e. The van der Waals surface area contributed by atoms with E-state index in [0.717, 1.165) is 24.8 Å². The Morgan fingerprint density at radius 2 is 1.50 bits per heavy atom. The first-order valence-corrected chi connectivity index (χ1v) is 16.2. The maximum Gasteiger partial charge on any atom is 0.329 e. The van der Waals surface area contributed by atoms with Crippen LogP contribution in [0.5, 0.6) is 0 Å². The van der Waals surface area contributed by atoms with Gasteiger partial charge in [0.25, 0.3) is 0 Å². The van der Waals surface area contributed by atoms with Crippen molar-refractivity contribution in [1.82, 2.24) is 25.9 Å². The normalized spacial score (nSPS) is 13.2. The molecule has 244 valence electrons. The van der Waals surface area contributed by atoms with Crippen molar-refractivity contribution in [2.75, 3.05) is 0 Å². The highest BCUT2D eigenvalue weighted by atomic mass is 16.5. The van der Waals surface area contributed by atoms with Gasteiger partial charge in [0.05, 0.1) is 6.33 Å². The molecule has 10 nitrogen and oxygen atoms in total. The summed E-state index contributed by atoms with van der Waals surface area (Å²) in [6.45, 7) is 9.83. The molecule has 0 fully saturated rings. The van der Waals surface area contributed by atoms with Crippen molar-refractivity contribution < 1.29 is 23.9 Å². The first kappa shape index (κ1) is 36.5. The average molecular weight is 612 g/mol. The lowest BCUT2D eigenvalue weighted by Gasteiger charge is -2.27. The van der Waals surface area contributed by atoms with Crippen LogP contribution < -0.4 is 16.0 Å². The number of rotatable bonds is 21. The fourth-order valence-corrected chi connectivity index (χ4v) is 4.88. The third-order valence-corrected chi connectivity index (χ3v) is 7.42. The molecule has 44 heavy (non-hydrogen) atoms. The summed E-state index contributed by atoms with van der Waals surface area (Å²) in [5.74, 6) is -1.85. The molecule has 0 aliphatic carbocycles. The highest BCUT2D eigenvalue weighted by Gasteiger charge is 2.32. The number of hydrogen-bond acceptors (Lipinski definition) is 6. The van der Waals surface area contributed by atoms with E-state index in [1.54, 1.807) is 6.20 Å². The third kappa shape index (κ3) is 14.2. The van der Waals surface area contributed by atoms with Gasteiger partial charge in [-0.15, -0.1) is 0 Å². The fraction of sp³-hybridized carbons (Fsp3) is 0.618. The van der Waals surface area contributed by atoms with E-state index in [-0.39, 0.29) is 30.8 Å². The van der Waals surface area contributed by atoms with E-state index in [0.29, 0.717) is 18.5 Å². The lowest BCUT2D eigenvalue weighted by molar-refractivity contribution is -0.150. The molecule has 2 rings (SSSR count). The number of unbranched alkanes of at least 4 members (excludes halogenated alkanes) is 6. The molecule has 1 heterocycles. The number of carbonyl (C=O) groups excluding carboxylic acids is 4. The van der Waals surface area contributed by atoms with Crippen LogP contribution in [0.1, 0.15) is 104 Å². The molecule has 1 aromatic carbocycles. The quantitative estimate of drug-likeness (QED) is 0.116. The molecule has 1 aromatic heterocycles. The van der Waals surface area contributed by atoms with Crippen molar-refractivity contribution in [2.45, 2.75) is 124 Å². The maximum absolute atomic E-state index is 13.6. The number of H-pyrrole nitrogens is 1. The molecule has 3 amide bonds. The second-order valence-electron chi connectivity index (χ2n) is 12.3. The maximum atomic E-state index is 13.6.